The Morgan fingerprint density at radius 1 is 1.13 bits per heavy atom. The zero-order valence-electron chi connectivity index (χ0n) is 23.6. The number of nitrogens with zero attached hydrogens (tertiary/aromatic N) is 3. The maximum absolute atomic E-state index is 13.6. The fourth-order valence-corrected chi connectivity index (χ4v) is 5.07. The monoisotopic (exact) mass is 542 g/mol. The van der Waals surface area contributed by atoms with E-state index in [0.29, 0.717) is 40.7 Å². The number of aromatic nitrogens is 2. The predicted octanol–water partition coefficient (Wildman–Crippen LogP) is 5.08. The Morgan fingerprint density at radius 2 is 1.82 bits per heavy atom. The van der Waals surface area contributed by atoms with Crippen LogP contribution in [0.5, 0.6) is 0 Å². The summed E-state index contributed by atoms with van der Waals surface area (Å²) in [6, 6.07) is 7.26. The van der Waals surface area contributed by atoms with Crippen molar-refractivity contribution in [1.82, 2.24) is 14.9 Å². The van der Waals surface area contributed by atoms with Crippen LogP contribution in [-0.2, 0) is 25.6 Å². The molecule has 1 N–H and O–H groups in total. The number of nitrogens with one attached hydrogen (secondary N) is 1. The second-order valence-electron chi connectivity index (χ2n) is 10.6. The van der Waals surface area contributed by atoms with Crippen molar-refractivity contribution >= 4 is 29.2 Å². The fraction of sp³-hybridized carbons (Fsp3) is 0.517. The normalized spacial score (nSPS) is 17.9. The Labute approximate surface area is 230 Å². The molecule has 1 aromatic carbocycles. The summed E-state index contributed by atoms with van der Waals surface area (Å²) in [5, 5.41) is 3.51. The van der Waals surface area contributed by atoms with Crippen molar-refractivity contribution in [3.05, 3.63) is 63.3 Å². The zero-order chi connectivity index (χ0) is 28.2. The zero-order valence-corrected chi connectivity index (χ0v) is 24.4. The van der Waals surface area contributed by atoms with Crippen LogP contribution in [0.1, 0.15) is 63.3 Å². The highest BCUT2D eigenvalue weighted by atomic mass is 35.5. The lowest BCUT2D eigenvalue weighted by Gasteiger charge is -2.35. The molecule has 2 aromatic rings. The van der Waals surface area contributed by atoms with Gasteiger partial charge in [0, 0.05) is 34.4 Å². The summed E-state index contributed by atoms with van der Waals surface area (Å²) in [5.41, 5.74) is 3.60. The number of hydrogen-bond acceptors (Lipinski definition) is 6. The number of rotatable bonds is 9. The van der Waals surface area contributed by atoms with Crippen LogP contribution in [0, 0.1) is 26.7 Å². The first-order chi connectivity index (χ1) is 17.9. The molecule has 2 unspecified atom stereocenters. The van der Waals surface area contributed by atoms with Gasteiger partial charge in [0.1, 0.15) is 5.82 Å². The molecular weight excluding hydrogens is 504 g/mol. The van der Waals surface area contributed by atoms with Gasteiger partial charge in [0.25, 0.3) is 0 Å². The van der Waals surface area contributed by atoms with Crippen LogP contribution in [0.25, 0.3) is 0 Å². The molecule has 3 rings (SSSR count). The van der Waals surface area contributed by atoms with Crippen molar-refractivity contribution in [1.29, 1.82) is 0 Å². The summed E-state index contributed by atoms with van der Waals surface area (Å²) in [5.74, 6) is -1.25. The highest BCUT2D eigenvalue weighted by Crippen LogP contribution is 2.42. The van der Waals surface area contributed by atoms with Gasteiger partial charge in [-0.05, 0) is 67.0 Å². The minimum Gasteiger partial charge on any atom is -0.463 e. The predicted molar refractivity (Wildman–Crippen MR) is 150 cm³/mol. The Kier molecular flexibility index (Phi) is 9.54. The molecule has 0 aliphatic carbocycles. The quantitative estimate of drug-likeness (QED) is 0.352. The van der Waals surface area contributed by atoms with Crippen molar-refractivity contribution in [3.8, 4) is 0 Å². The van der Waals surface area contributed by atoms with Crippen molar-refractivity contribution in [3.63, 3.8) is 0 Å². The van der Waals surface area contributed by atoms with Crippen molar-refractivity contribution < 1.29 is 19.1 Å². The number of benzene rings is 1. The number of carbonyl (C=O) groups is 2. The summed E-state index contributed by atoms with van der Waals surface area (Å²) in [6.45, 7) is 16.6. The second kappa shape index (κ2) is 12.3. The minimum atomic E-state index is -0.739. The average Bonchev–Trinajstić information content (AvgIpc) is 3.06. The van der Waals surface area contributed by atoms with Gasteiger partial charge in [-0.25, -0.2) is 9.78 Å². The van der Waals surface area contributed by atoms with E-state index in [1.165, 1.54) is 0 Å². The lowest BCUT2D eigenvalue weighted by Crippen LogP contribution is -2.48. The van der Waals surface area contributed by atoms with Gasteiger partial charge in [0.2, 0.25) is 5.91 Å². The molecule has 2 heterocycles. The molecule has 0 saturated carbocycles. The topological polar surface area (TPSA) is 94.8 Å². The molecule has 1 amide bonds. The molecule has 2 atom stereocenters. The van der Waals surface area contributed by atoms with Crippen LogP contribution in [0.3, 0.4) is 0 Å². The molecular formula is C29H39ClN4O4. The second-order valence-corrected chi connectivity index (χ2v) is 11.0. The highest BCUT2D eigenvalue weighted by molar-refractivity contribution is 6.31. The van der Waals surface area contributed by atoms with Crippen molar-refractivity contribution in [2.24, 2.45) is 10.9 Å². The van der Waals surface area contributed by atoms with Gasteiger partial charge < -0.3 is 19.4 Å². The van der Waals surface area contributed by atoms with Gasteiger partial charge in [0.05, 0.1) is 42.7 Å². The summed E-state index contributed by atoms with van der Waals surface area (Å²) in [6.07, 6.45) is 0. The number of imidazole rings is 1. The Balaban J connectivity index is 2.01. The maximum atomic E-state index is 13.6. The lowest BCUT2D eigenvalue weighted by molar-refractivity contribution is -0.139. The summed E-state index contributed by atoms with van der Waals surface area (Å²) < 4.78 is 13.6. The van der Waals surface area contributed by atoms with E-state index in [9.17, 15) is 9.59 Å². The number of amides is 1. The Morgan fingerprint density at radius 3 is 2.39 bits per heavy atom. The van der Waals surface area contributed by atoms with Crippen LogP contribution in [0.4, 0.5) is 0 Å². The third kappa shape index (κ3) is 6.72. The number of aliphatic imine (C=N–C) groups is 1. The number of hydrogen-bond donors (Lipinski definition) is 1. The van der Waals surface area contributed by atoms with E-state index in [1.807, 2.05) is 59.7 Å². The van der Waals surface area contributed by atoms with Gasteiger partial charge in [-0.2, -0.15) is 0 Å². The van der Waals surface area contributed by atoms with E-state index in [4.69, 9.17) is 26.1 Å². The van der Waals surface area contributed by atoms with E-state index in [2.05, 4.69) is 14.9 Å². The summed E-state index contributed by atoms with van der Waals surface area (Å²) >= 11 is 6.64. The van der Waals surface area contributed by atoms with E-state index in [-0.39, 0.29) is 19.1 Å². The number of halogens is 1. The molecule has 1 aliphatic heterocycles. The first kappa shape index (κ1) is 29.6. The molecule has 9 heteroatoms. The summed E-state index contributed by atoms with van der Waals surface area (Å²) in [4.78, 5) is 36.3. The SMILES string of the molecule is CCOC(=O)C1=C(COCCn2c(C)nc(C)c2C)N=C(C)C(C(=O)NC(C)(C)C)C1c1ccccc1Cl. The maximum Gasteiger partial charge on any atom is 0.336 e. The van der Waals surface area contributed by atoms with E-state index >= 15 is 0 Å². The Hall–Kier alpha value is -2.97. The molecule has 0 fully saturated rings. The van der Waals surface area contributed by atoms with E-state index in [1.54, 1.807) is 19.9 Å². The van der Waals surface area contributed by atoms with Crippen LogP contribution in [0.15, 0.2) is 40.5 Å². The standard InChI is InChI=1S/C29H39ClN4O4/c1-9-38-28(36)26-23(16-37-15-14-34-19(4)17(2)31-20(34)5)32-18(3)24(27(35)33-29(6,7)8)25(26)21-12-10-11-13-22(21)30/h10-13,24-25H,9,14-16H2,1-8H3,(H,33,35). The number of ether oxygens (including phenoxy) is 2. The molecule has 0 spiro atoms. The number of esters is 1. The highest BCUT2D eigenvalue weighted by Gasteiger charge is 2.43. The van der Waals surface area contributed by atoms with Crippen LogP contribution in [-0.4, -0.2) is 52.5 Å². The third-order valence-electron chi connectivity index (χ3n) is 6.58. The first-order valence-electron chi connectivity index (χ1n) is 13.0. The van der Waals surface area contributed by atoms with Crippen LogP contribution >= 0.6 is 11.6 Å². The molecule has 0 bridgehead atoms. The summed E-state index contributed by atoms with van der Waals surface area (Å²) in [7, 11) is 0. The molecule has 0 saturated heterocycles. The van der Waals surface area contributed by atoms with Crippen LogP contribution < -0.4 is 5.32 Å². The number of aryl methyl sites for hydroxylation is 2. The first-order valence-corrected chi connectivity index (χ1v) is 13.3. The van der Waals surface area contributed by atoms with E-state index in [0.717, 1.165) is 17.2 Å². The van der Waals surface area contributed by atoms with Gasteiger partial charge in [0.15, 0.2) is 0 Å². The molecule has 8 nitrogen and oxygen atoms in total. The molecule has 206 valence electrons. The van der Waals surface area contributed by atoms with Gasteiger partial charge >= 0.3 is 5.97 Å². The minimum absolute atomic E-state index is 0.0891. The lowest BCUT2D eigenvalue weighted by atomic mass is 9.74. The Bertz CT molecular complexity index is 1260. The van der Waals surface area contributed by atoms with Gasteiger partial charge in [-0.1, -0.05) is 29.8 Å². The largest absolute Gasteiger partial charge is 0.463 e. The van der Waals surface area contributed by atoms with E-state index < -0.39 is 23.3 Å². The molecule has 1 aliphatic rings. The third-order valence-corrected chi connectivity index (χ3v) is 6.92. The smallest absolute Gasteiger partial charge is 0.336 e. The fourth-order valence-electron chi connectivity index (χ4n) is 4.82. The molecule has 1 aromatic heterocycles. The van der Waals surface area contributed by atoms with Crippen molar-refractivity contribution in [2.75, 3.05) is 19.8 Å². The van der Waals surface area contributed by atoms with Crippen LogP contribution in [0.2, 0.25) is 5.02 Å². The molecule has 0 radical (unpaired) electrons. The molecule has 38 heavy (non-hydrogen) atoms. The number of carbonyl (C=O) groups excluding carboxylic acids is 2. The van der Waals surface area contributed by atoms with Gasteiger partial charge in [-0.3, -0.25) is 9.79 Å². The van der Waals surface area contributed by atoms with Gasteiger partial charge in [-0.15, -0.1) is 0 Å². The van der Waals surface area contributed by atoms with Crippen molar-refractivity contribution in [2.45, 2.75) is 73.4 Å². The average molecular weight is 543 g/mol.